The number of hydrogen-bond donors (Lipinski definition) is 2. The van der Waals surface area contributed by atoms with Crippen LogP contribution >= 0.6 is 12.2 Å². The van der Waals surface area contributed by atoms with Gasteiger partial charge in [-0.2, -0.15) is 0 Å². The number of benzene rings is 1. The van der Waals surface area contributed by atoms with E-state index in [2.05, 4.69) is 4.72 Å². The SMILES string of the molecule is NC(=S)c1ccc(NS(=O)(=O)CC2CC2)c(F)c1. The van der Waals surface area contributed by atoms with Crippen LogP contribution in [0.5, 0.6) is 0 Å². The normalized spacial score (nSPS) is 15.4. The molecule has 1 aromatic carbocycles. The first-order valence-electron chi connectivity index (χ1n) is 5.47. The second kappa shape index (κ2) is 4.81. The molecule has 0 amide bonds. The lowest BCUT2D eigenvalue weighted by atomic mass is 10.2. The third-order valence-electron chi connectivity index (χ3n) is 2.67. The quantitative estimate of drug-likeness (QED) is 0.807. The Morgan fingerprint density at radius 2 is 2.17 bits per heavy atom. The van der Waals surface area contributed by atoms with Gasteiger partial charge < -0.3 is 5.73 Å². The fourth-order valence-corrected chi connectivity index (χ4v) is 3.22. The zero-order chi connectivity index (χ0) is 13.3. The Bertz CT molecular complexity index is 583. The van der Waals surface area contributed by atoms with Gasteiger partial charge in [0, 0.05) is 5.56 Å². The zero-order valence-electron chi connectivity index (χ0n) is 9.52. The zero-order valence-corrected chi connectivity index (χ0v) is 11.2. The molecular weight excluding hydrogens is 275 g/mol. The smallest absolute Gasteiger partial charge is 0.233 e. The standard InChI is InChI=1S/C11H13FN2O2S2/c12-9-5-8(11(13)17)3-4-10(9)14-18(15,16)6-7-1-2-7/h3-5,7,14H,1-2,6H2,(H2,13,17). The van der Waals surface area contributed by atoms with Crippen molar-refractivity contribution in [1.82, 2.24) is 0 Å². The molecule has 1 aromatic rings. The number of rotatable bonds is 5. The third-order valence-corrected chi connectivity index (χ3v) is 4.35. The molecule has 1 saturated carbocycles. The van der Waals surface area contributed by atoms with E-state index in [9.17, 15) is 12.8 Å². The summed E-state index contributed by atoms with van der Waals surface area (Å²) in [5.41, 5.74) is 5.65. The van der Waals surface area contributed by atoms with Crippen molar-refractivity contribution in [3.63, 3.8) is 0 Å². The molecule has 4 nitrogen and oxygen atoms in total. The lowest BCUT2D eigenvalue weighted by molar-refractivity contribution is 0.595. The van der Waals surface area contributed by atoms with Crippen molar-refractivity contribution in [1.29, 1.82) is 0 Å². The minimum absolute atomic E-state index is 0.0451. The highest BCUT2D eigenvalue weighted by Crippen LogP contribution is 2.31. The molecule has 98 valence electrons. The average Bonchev–Trinajstić information content (AvgIpc) is 3.03. The highest BCUT2D eigenvalue weighted by Gasteiger charge is 2.28. The van der Waals surface area contributed by atoms with E-state index in [1.807, 2.05) is 0 Å². The van der Waals surface area contributed by atoms with Crippen LogP contribution in [-0.4, -0.2) is 19.2 Å². The second-order valence-corrected chi connectivity index (χ2v) is 6.59. The summed E-state index contributed by atoms with van der Waals surface area (Å²) in [6, 6.07) is 3.94. The van der Waals surface area contributed by atoms with Crippen LogP contribution in [0.4, 0.5) is 10.1 Å². The van der Waals surface area contributed by atoms with E-state index in [1.54, 1.807) is 0 Å². The highest BCUT2D eigenvalue weighted by atomic mass is 32.2. The molecule has 0 saturated heterocycles. The summed E-state index contributed by atoms with van der Waals surface area (Å²) in [4.78, 5) is 0.0706. The maximum Gasteiger partial charge on any atom is 0.233 e. The number of hydrogen-bond acceptors (Lipinski definition) is 3. The predicted octanol–water partition coefficient (Wildman–Crippen LogP) is 1.61. The molecule has 3 N–H and O–H groups in total. The van der Waals surface area contributed by atoms with Crippen molar-refractivity contribution >= 4 is 32.9 Å². The van der Waals surface area contributed by atoms with Gasteiger partial charge in [-0.1, -0.05) is 12.2 Å². The maximum absolute atomic E-state index is 13.7. The Morgan fingerprint density at radius 1 is 1.50 bits per heavy atom. The Kier molecular flexibility index (Phi) is 3.54. The van der Waals surface area contributed by atoms with Crippen molar-refractivity contribution < 1.29 is 12.8 Å². The van der Waals surface area contributed by atoms with Crippen LogP contribution in [0.15, 0.2) is 18.2 Å². The Hall–Kier alpha value is -1.21. The van der Waals surface area contributed by atoms with E-state index in [1.165, 1.54) is 12.1 Å². The summed E-state index contributed by atoms with van der Waals surface area (Å²) in [5, 5.41) is 0. The van der Waals surface area contributed by atoms with Gasteiger partial charge in [-0.3, -0.25) is 4.72 Å². The largest absolute Gasteiger partial charge is 0.389 e. The van der Waals surface area contributed by atoms with Crippen LogP contribution in [0.2, 0.25) is 0 Å². The third kappa shape index (κ3) is 3.39. The molecule has 1 aliphatic carbocycles. The fourth-order valence-electron chi connectivity index (χ4n) is 1.56. The molecule has 1 fully saturated rings. The molecule has 18 heavy (non-hydrogen) atoms. The first kappa shape index (κ1) is 13.2. The molecule has 0 unspecified atom stereocenters. The summed E-state index contributed by atoms with van der Waals surface area (Å²) in [6.45, 7) is 0. The molecule has 0 heterocycles. The van der Waals surface area contributed by atoms with E-state index < -0.39 is 15.8 Å². The summed E-state index contributed by atoms with van der Waals surface area (Å²) < 4.78 is 39.3. The van der Waals surface area contributed by atoms with Crippen LogP contribution in [0.1, 0.15) is 18.4 Å². The molecule has 2 rings (SSSR count). The number of thiocarbonyl (C=S) groups is 1. The van der Waals surface area contributed by atoms with Gasteiger partial charge in [-0.05, 0) is 37.0 Å². The Labute approximate surface area is 110 Å². The summed E-state index contributed by atoms with van der Waals surface area (Å²) in [6.07, 6.45) is 1.84. The van der Waals surface area contributed by atoms with Gasteiger partial charge in [0.15, 0.2) is 0 Å². The van der Waals surface area contributed by atoms with Crippen molar-refractivity contribution in [2.24, 2.45) is 11.7 Å². The Balaban J connectivity index is 2.16. The van der Waals surface area contributed by atoms with Gasteiger partial charge in [0.2, 0.25) is 10.0 Å². The summed E-state index contributed by atoms with van der Waals surface area (Å²) >= 11 is 4.71. The van der Waals surface area contributed by atoms with Gasteiger partial charge in [0.25, 0.3) is 0 Å². The Morgan fingerprint density at radius 3 is 2.67 bits per heavy atom. The van der Waals surface area contributed by atoms with E-state index in [0.717, 1.165) is 18.9 Å². The molecule has 0 atom stereocenters. The van der Waals surface area contributed by atoms with Crippen LogP contribution in [0, 0.1) is 11.7 Å². The lowest BCUT2D eigenvalue weighted by Crippen LogP contribution is -2.19. The van der Waals surface area contributed by atoms with E-state index in [4.69, 9.17) is 18.0 Å². The minimum atomic E-state index is -3.48. The molecule has 0 spiro atoms. The topological polar surface area (TPSA) is 72.2 Å². The average molecular weight is 288 g/mol. The molecule has 0 aromatic heterocycles. The van der Waals surface area contributed by atoms with Crippen molar-refractivity contribution in [3.05, 3.63) is 29.6 Å². The van der Waals surface area contributed by atoms with Crippen molar-refractivity contribution in [2.75, 3.05) is 10.5 Å². The van der Waals surface area contributed by atoms with Crippen LogP contribution < -0.4 is 10.5 Å². The number of halogens is 1. The van der Waals surface area contributed by atoms with Gasteiger partial charge in [-0.25, -0.2) is 12.8 Å². The number of nitrogens with one attached hydrogen (secondary N) is 1. The minimum Gasteiger partial charge on any atom is -0.389 e. The summed E-state index contributed by atoms with van der Waals surface area (Å²) in [5.74, 6) is -0.426. The van der Waals surface area contributed by atoms with Crippen LogP contribution in [0.3, 0.4) is 0 Å². The highest BCUT2D eigenvalue weighted by molar-refractivity contribution is 7.92. The van der Waals surface area contributed by atoms with Crippen molar-refractivity contribution in [3.8, 4) is 0 Å². The first-order chi connectivity index (χ1) is 8.37. The molecule has 7 heteroatoms. The molecule has 1 aliphatic rings. The van der Waals surface area contributed by atoms with Gasteiger partial charge in [0.05, 0.1) is 11.4 Å². The van der Waals surface area contributed by atoms with Crippen LogP contribution in [0.25, 0.3) is 0 Å². The van der Waals surface area contributed by atoms with Crippen LogP contribution in [-0.2, 0) is 10.0 Å². The molecule has 0 bridgehead atoms. The van der Waals surface area contributed by atoms with E-state index >= 15 is 0 Å². The van der Waals surface area contributed by atoms with E-state index in [-0.39, 0.29) is 22.3 Å². The second-order valence-electron chi connectivity index (χ2n) is 4.39. The number of nitrogens with two attached hydrogens (primary N) is 1. The molecule has 0 aliphatic heterocycles. The number of sulfonamides is 1. The van der Waals surface area contributed by atoms with Crippen molar-refractivity contribution in [2.45, 2.75) is 12.8 Å². The predicted molar refractivity (Wildman–Crippen MR) is 72.4 cm³/mol. The van der Waals surface area contributed by atoms with Gasteiger partial charge >= 0.3 is 0 Å². The monoisotopic (exact) mass is 288 g/mol. The molecule has 0 radical (unpaired) electrons. The maximum atomic E-state index is 13.7. The first-order valence-corrected chi connectivity index (χ1v) is 7.53. The van der Waals surface area contributed by atoms with E-state index in [0.29, 0.717) is 5.56 Å². The summed E-state index contributed by atoms with van der Waals surface area (Å²) in [7, 11) is -3.48. The lowest BCUT2D eigenvalue weighted by Gasteiger charge is -2.09. The fraction of sp³-hybridized carbons (Fsp3) is 0.364. The van der Waals surface area contributed by atoms with Gasteiger partial charge in [0.1, 0.15) is 10.8 Å². The molecular formula is C11H13FN2O2S2. The number of anilines is 1. The van der Waals surface area contributed by atoms with Gasteiger partial charge in [-0.15, -0.1) is 0 Å².